The molecule has 3 aromatic heterocycles. The first kappa shape index (κ1) is 20.2. The molecule has 1 fully saturated rings. The molecule has 11 heteroatoms. The lowest BCUT2D eigenvalue weighted by atomic mass is 10.1. The molecule has 0 saturated carbocycles. The fourth-order valence-electron chi connectivity index (χ4n) is 3.74. The second-order valence-electron chi connectivity index (χ2n) is 7.42. The molecule has 1 aromatic carbocycles. The molecule has 1 aliphatic rings. The highest BCUT2D eigenvalue weighted by molar-refractivity contribution is 9.10. The van der Waals surface area contributed by atoms with E-state index in [1.807, 2.05) is 12.1 Å². The Kier molecular flexibility index (Phi) is 5.70. The smallest absolute Gasteiger partial charge is 0.230 e. The molecule has 10 nitrogen and oxygen atoms in total. The number of benzene rings is 1. The van der Waals surface area contributed by atoms with Crippen molar-refractivity contribution in [3.63, 3.8) is 0 Å². The summed E-state index contributed by atoms with van der Waals surface area (Å²) in [6.45, 7) is 4.01. The Morgan fingerprint density at radius 1 is 1.19 bits per heavy atom. The number of nitrogens with zero attached hydrogens (tertiary/aromatic N) is 6. The summed E-state index contributed by atoms with van der Waals surface area (Å²) in [4.78, 5) is 19.8. The Bertz CT molecular complexity index is 1200. The molecule has 1 saturated heterocycles. The Morgan fingerprint density at radius 3 is 2.90 bits per heavy atom. The van der Waals surface area contributed by atoms with Crippen LogP contribution in [0.25, 0.3) is 16.7 Å². The van der Waals surface area contributed by atoms with Gasteiger partial charge in [-0.3, -0.25) is 0 Å². The normalized spacial score (nSPS) is 14.6. The molecular weight excluding hydrogens is 462 g/mol. The van der Waals surface area contributed by atoms with Crippen LogP contribution in [0.5, 0.6) is 0 Å². The van der Waals surface area contributed by atoms with Crippen molar-refractivity contribution in [2.75, 3.05) is 43.1 Å². The SMILES string of the molecule is NCCCc1cccc2[nH]c(CNc3nc(N4CCOCC4)nc4c(Br)cnn34)nc12. The molecule has 0 atom stereocenters. The number of aromatic nitrogens is 6. The molecule has 0 amide bonds. The molecule has 1 aliphatic heterocycles. The highest BCUT2D eigenvalue weighted by atomic mass is 79.9. The van der Waals surface area contributed by atoms with Gasteiger partial charge in [0.1, 0.15) is 5.82 Å². The van der Waals surface area contributed by atoms with Gasteiger partial charge in [-0.15, -0.1) is 0 Å². The second kappa shape index (κ2) is 8.77. The fraction of sp³-hybridized carbons (Fsp3) is 0.400. The van der Waals surface area contributed by atoms with E-state index in [2.05, 4.69) is 47.3 Å². The van der Waals surface area contributed by atoms with Gasteiger partial charge in [-0.25, -0.2) is 4.98 Å². The first-order chi connectivity index (χ1) is 15.2. The van der Waals surface area contributed by atoms with Gasteiger partial charge in [0.05, 0.1) is 41.5 Å². The zero-order valence-corrected chi connectivity index (χ0v) is 18.6. The molecular formula is C20H24BrN9O. The predicted molar refractivity (Wildman–Crippen MR) is 122 cm³/mol. The van der Waals surface area contributed by atoms with E-state index < -0.39 is 0 Å². The third kappa shape index (κ3) is 4.08. The maximum Gasteiger partial charge on any atom is 0.230 e. The van der Waals surface area contributed by atoms with Crippen LogP contribution in [-0.2, 0) is 17.7 Å². The molecule has 0 spiro atoms. The van der Waals surface area contributed by atoms with Gasteiger partial charge in [0, 0.05) is 13.1 Å². The van der Waals surface area contributed by atoms with Crippen molar-refractivity contribution in [1.82, 2.24) is 29.5 Å². The third-order valence-electron chi connectivity index (χ3n) is 5.32. The molecule has 4 aromatic rings. The van der Waals surface area contributed by atoms with E-state index in [9.17, 15) is 0 Å². The number of anilines is 2. The minimum Gasteiger partial charge on any atom is -0.378 e. The number of hydrogen-bond donors (Lipinski definition) is 3. The van der Waals surface area contributed by atoms with Crippen molar-refractivity contribution in [2.45, 2.75) is 19.4 Å². The number of nitrogens with one attached hydrogen (secondary N) is 2. The summed E-state index contributed by atoms with van der Waals surface area (Å²) >= 11 is 3.54. The lowest BCUT2D eigenvalue weighted by Gasteiger charge is -2.27. The largest absolute Gasteiger partial charge is 0.378 e. The van der Waals surface area contributed by atoms with E-state index in [1.165, 1.54) is 5.56 Å². The monoisotopic (exact) mass is 485 g/mol. The number of halogens is 1. The summed E-state index contributed by atoms with van der Waals surface area (Å²) in [5.41, 5.74) is 9.62. The van der Waals surface area contributed by atoms with Crippen molar-refractivity contribution in [2.24, 2.45) is 5.73 Å². The number of hydrogen-bond acceptors (Lipinski definition) is 8. The van der Waals surface area contributed by atoms with Gasteiger partial charge in [-0.1, -0.05) is 12.1 Å². The van der Waals surface area contributed by atoms with Crippen LogP contribution in [0.2, 0.25) is 0 Å². The molecule has 31 heavy (non-hydrogen) atoms. The Labute approximate surface area is 187 Å². The van der Waals surface area contributed by atoms with Crippen LogP contribution in [0.4, 0.5) is 11.9 Å². The van der Waals surface area contributed by atoms with Crippen LogP contribution in [0.15, 0.2) is 28.9 Å². The van der Waals surface area contributed by atoms with Crippen molar-refractivity contribution >= 4 is 44.5 Å². The standard InChI is InChI=1S/C20H24BrN9O/c21-14-11-24-30-18(14)27-20(29-7-9-31-10-8-29)28-19(30)23-12-16-25-15-5-1-3-13(4-2-6-22)17(15)26-16/h1,3,5,11H,2,4,6-10,12,22H2,(H,25,26)(H,23,27,28). The predicted octanol–water partition coefficient (Wildman–Crippen LogP) is 2.10. The number of ether oxygens (including phenoxy) is 1. The number of aromatic amines is 1. The summed E-state index contributed by atoms with van der Waals surface area (Å²) in [6.07, 6.45) is 3.59. The van der Waals surface area contributed by atoms with Crippen molar-refractivity contribution in [1.29, 1.82) is 0 Å². The quantitative estimate of drug-likeness (QED) is 0.363. The lowest BCUT2D eigenvalue weighted by molar-refractivity contribution is 0.122. The van der Waals surface area contributed by atoms with Crippen LogP contribution in [0.1, 0.15) is 17.8 Å². The number of morpholine rings is 1. The maximum absolute atomic E-state index is 5.68. The molecule has 4 N–H and O–H groups in total. The molecule has 162 valence electrons. The first-order valence-electron chi connectivity index (χ1n) is 10.4. The summed E-state index contributed by atoms with van der Waals surface area (Å²) in [7, 11) is 0. The number of nitrogens with two attached hydrogens (primary N) is 1. The molecule has 4 heterocycles. The highest BCUT2D eigenvalue weighted by Gasteiger charge is 2.19. The van der Waals surface area contributed by atoms with Crippen molar-refractivity contribution in [3.05, 3.63) is 40.3 Å². The van der Waals surface area contributed by atoms with Gasteiger partial charge < -0.3 is 25.7 Å². The van der Waals surface area contributed by atoms with Gasteiger partial charge in [0.25, 0.3) is 0 Å². The zero-order valence-electron chi connectivity index (χ0n) is 17.0. The highest BCUT2D eigenvalue weighted by Crippen LogP contribution is 2.23. The number of fused-ring (bicyclic) bond motifs is 2. The van der Waals surface area contributed by atoms with Gasteiger partial charge in [-0.2, -0.15) is 19.6 Å². The summed E-state index contributed by atoms with van der Waals surface area (Å²) in [6, 6.07) is 6.20. The second-order valence-corrected chi connectivity index (χ2v) is 8.27. The molecule has 0 aliphatic carbocycles. The Hall–Kier alpha value is -2.76. The molecule has 0 bridgehead atoms. The molecule has 0 unspecified atom stereocenters. The van der Waals surface area contributed by atoms with E-state index in [-0.39, 0.29) is 0 Å². The average molecular weight is 486 g/mol. The van der Waals surface area contributed by atoms with E-state index in [1.54, 1.807) is 10.7 Å². The summed E-state index contributed by atoms with van der Waals surface area (Å²) in [5, 5.41) is 7.78. The number of H-pyrrole nitrogens is 1. The molecule has 5 rings (SSSR count). The maximum atomic E-state index is 5.68. The van der Waals surface area contributed by atoms with Crippen LogP contribution < -0.4 is 16.0 Å². The van der Waals surface area contributed by atoms with E-state index in [4.69, 9.17) is 20.4 Å². The number of rotatable bonds is 7. The fourth-order valence-corrected chi connectivity index (χ4v) is 4.09. The minimum atomic E-state index is 0.483. The van der Waals surface area contributed by atoms with E-state index in [0.717, 1.165) is 47.3 Å². The van der Waals surface area contributed by atoms with Crippen LogP contribution >= 0.6 is 15.9 Å². The number of aryl methyl sites for hydroxylation is 1. The lowest BCUT2D eigenvalue weighted by Crippen LogP contribution is -2.37. The van der Waals surface area contributed by atoms with E-state index >= 15 is 0 Å². The summed E-state index contributed by atoms with van der Waals surface area (Å²) in [5.74, 6) is 2.11. The molecule has 0 radical (unpaired) electrons. The number of imidazole rings is 1. The zero-order chi connectivity index (χ0) is 21.2. The van der Waals surface area contributed by atoms with Gasteiger partial charge in [0.15, 0.2) is 5.65 Å². The van der Waals surface area contributed by atoms with Crippen molar-refractivity contribution in [3.8, 4) is 0 Å². The third-order valence-corrected chi connectivity index (χ3v) is 5.88. The average Bonchev–Trinajstić information content (AvgIpc) is 3.40. The minimum absolute atomic E-state index is 0.483. The van der Waals surface area contributed by atoms with Crippen LogP contribution in [0, 0.1) is 0 Å². The van der Waals surface area contributed by atoms with Crippen molar-refractivity contribution < 1.29 is 4.74 Å². The van der Waals surface area contributed by atoms with E-state index in [0.29, 0.717) is 43.8 Å². The first-order valence-corrected chi connectivity index (χ1v) is 11.2. The van der Waals surface area contributed by atoms with Crippen LogP contribution in [0.3, 0.4) is 0 Å². The Balaban J connectivity index is 1.42. The van der Waals surface area contributed by atoms with Crippen LogP contribution in [-0.4, -0.2) is 62.4 Å². The summed E-state index contributed by atoms with van der Waals surface area (Å²) < 4.78 is 7.97. The van der Waals surface area contributed by atoms with Gasteiger partial charge >= 0.3 is 0 Å². The van der Waals surface area contributed by atoms with Gasteiger partial charge in [0.2, 0.25) is 11.9 Å². The topological polar surface area (TPSA) is 122 Å². The Morgan fingerprint density at radius 2 is 2.06 bits per heavy atom. The number of para-hydroxylation sites is 1. The van der Waals surface area contributed by atoms with Gasteiger partial charge in [-0.05, 0) is 46.9 Å².